The van der Waals surface area contributed by atoms with Crippen molar-refractivity contribution < 1.29 is 17.7 Å². The Morgan fingerprint density at radius 2 is 1.83 bits per heavy atom. The second-order valence-corrected chi connectivity index (χ2v) is 4.07. The number of aryl methyl sites for hydroxylation is 2. The number of rotatable bonds is 1. The number of nitrogens with two attached hydrogens (primary N) is 1. The maximum Gasteiger partial charge on any atom is 0.453 e. The summed E-state index contributed by atoms with van der Waals surface area (Å²) >= 11 is 0. The van der Waals surface area contributed by atoms with E-state index in [1.807, 2.05) is 13.8 Å². The van der Waals surface area contributed by atoms with Crippen molar-refractivity contribution in [1.82, 2.24) is 5.16 Å². The maximum absolute atomic E-state index is 12.7. The molecule has 96 valence electrons. The lowest BCUT2D eigenvalue weighted by molar-refractivity contribution is -0.154. The number of hydrogen-bond donors (Lipinski definition) is 1. The second kappa shape index (κ2) is 4.04. The van der Waals surface area contributed by atoms with E-state index in [0.29, 0.717) is 5.56 Å². The van der Waals surface area contributed by atoms with Crippen LogP contribution in [0.1, 0.15) is 16.9 Å². The van der Waals surface area contributed by atoms with Crippen molar-refractivity contribution in [3.05, 3.63) is 35.1 Å². The topological polar surface area (TPSA) is 52.0 Å². The van der Waals surface area contributed by atoms with Crippen LogP contribution in [0.2, 0.25) is 0 Å². The van der Waals surface area contributed by atoms with Gasteiger partial charge in [-0.15, -0.1) is 0 Å². The van der Waals surface area contributed by atoms with E-state index in [2.05, 4.69) is 9.68 Å². The minimum Gasteiger partial charge on any atom is -0.380 e. The first-order chi connectivity index (χ1) is 8.30. The molecule has 2 N–H and O–H groups in total. The van der Waals surface area contributed by atoms with Gasteiger partial charge in [0.15, 0.2) is 5.82 Å². The summed E-state index contributed by atoms with van der Waals surface area (Å²) in [6, 6.07) is 4.94. The Kier molecular flexibility index (Phi) is 2.80. The Hall–Kier alpha value is -1.98. The minimum absolute atomic E-state index is 0.203. The van der Waals surface area contributed by atoms with Gasteiger partial charge in [-0.05, 0) is 30.5 Å². The quantitative estimate of drug-likeness (QED) is 0.848. The summed E-state index contributed by atoms with van der Waals surface area (Å²) < 4.78 is 42.5. The zero-order valence-corrected chi connectivity index (χ0v) is 9.80. The number of hydrogen-bond acceptors (Lipinski definition) is 3. The van der Waals surface area contributed by atoms with Crippen LogP contribution in [-0.4, -0.2) is 5.16 Å². The van der Waals surface area contributed by atoms with Gasteiger partial charge in [0.1, 0.15) is 0 Å². The van der Waals surface area contributed by atoms with Gasteiger partial charge in [0, 0.05) is 0 Å². The molecule has 6 heteroatoms. The molecule has 0 aliphatic carbocycles. The molecule has 0 saturated carbocycles. The Morgan fingerprint density at radius 3 is 2.39 bits per heavy atom. The van der Waals surface area contributed by atoms with Gasteiger partial charge in [-0.3, -0.25) is 0 Å². The van der Waals surface area contributed by atoms with Gasteiger partial charge in [0.2, 0.25) is 5.76 Å². The molecule has 0 unspecified atom stereocenters. The van der Waals surface area contributed by atoms with E-state index >= 15 is 0 Å². The van der Waals surface area contributed by atoms with E-state index in [1.165, 1.54) is 0 Å². The van der Waals surface area contributed by atoms with Crippen LogP contribution in [0.5, 0.6) is 0 Å². The van der Waals surface area contributed by atoms with Crippen molar-refractivity contribution in [3.63, 3.8) is 0 Å². The average Bonchev–Trinajstić information content (AvgIpc) is 2.64. The molecule has 0 amide bonds. The second-order valence-electron chi connectivity index (χ2n) is 4.07. The molecule has 18 heavy (non-hydrogen) atoms. The zero-order chi connectivity index (χ0) is 13.5. The van der Waals surface area contributed by atoms with Gasteiger partial charge >= 0.3 is 6.18 Å². The predicted octanol–water partition coefficient (Wildman–Crippen LogP) is 3.56. The molecule has 1 aromatic heterocycles. The molecule has 0 radical (unpaired) electrons. The third-order valence-corrected chi connectivity index (χ3v) is 2.77. The van der Waals surface area contributed by atoms with Crippen molar-refractivity contribution >= 4 is 5.82 Å². The van der Waals surface area contributed by atoms with E-state index in [9.17, 15) is 13.2 Å². The van der Waals surface area contributed by atoms with Crippen molar-refractivity contribution in [2.45, 2.75) is 20.0 Å². The van der Waals surface area contributed by atoms with Crippen LogP contribution in [0.15, 0.2) is 22.7 Å². The van der Waals surface area contributed by atoms with Crippen LogP contribution in [0.3, 0.4) is 0 Å². The third kappa shape index (κ3) is 2.05. The number of aromatic nitrogens is 1. The molecule has 0 aliphatic rings. The number of halogens is 3. The van der Waals surface area contributed by atoms with E-state index in [4.69, 9.17) is 5.73 Å². The summed E-state index contributed by atoms with van der Waals surface area (Å²) in [7, 11) is 0. The highest BCUT2D eigenvalue weighted by molar-refractivity contribution is 5.76. The van der Waals surface area contributed by atoms with Crippen LogP contribution in [0, 0.1) is 13.8 Å². The Morgan fingerprint density at radius 1 is 1.17 bits per heavy atom. The third-order valence-electron chi connectivity index (χ3n) is 2.77. The highest BCUT2D eigenvalue weighted by Gasteiger charge is 2.40. The maximum atomic E-state index is 12.7. The number of nitrogen functional groups attached to an aromatic ring is 1. The SMILES string of the molecule is Cc1ccc(-c2c(N)noc2C(F)(F)F)cc1C. The summed E-state index contributed by atoms with van der Waals surface area (Å²) in [4.78, 5) is 0. The number of anilines is 1. The molecule has 3 nitrogen and oxygen atoms in total. The van der Waals surface area contributed by atoms with Crippen LogP contribution in [0.25, 0.3) is 11.1 Å². The Labute approximate surface area is 101 Å². The first-order valence-electron chi connectivity index (χ1n) is 5.20. The van der Waals surface area contributed by atoms with Crippen molar-refractivity contribution in [1.29, 1.82) is 0 Å². The van der Waals surface area contributed by atoms with E-state index in [0.717, 1.165) is 11.1 Å². The first kappa shape index (κ1) is 12.5. The molecule has 1 aromatic carbocycles. The average molecular weight is 256 g/mol. The number of nitrogens with zero attached hydrogens (tertiary/aromatic N) is 1. The Balaban J connectivity index is 2.63. The molecule has 0 aliphatic heterocycles. The van der Waals surface area contributed by atoms with Crippen molar-refractivity contribution in [3.8, 4) is 11.1 Å². The lowest BCUT2D eigenvalue weighted by atomic mass is 10.0. The van der Waals surface area contributed by atoms with Gasteiger partial charge < -0.3 is 10.3 Å². The fourth-order valence-electron chi connectivity index (χ4n) is 1.67. The lowest BCUT2D eigenvalue weighted by Gasteiger charge is -2.07. The first-order valence-corrected chi connectivity index (χ1v) is 5.20. The van der Waals surface area contributed by atoms with Crippen molar-refractivity contribution in [2.75, 3.05) is 5.73 Å². The van der Waals surface area contributed by atoms with E-state index in [1.54, 1.807) is 18.2 Å². The summed E-state index contributed by atoms with van der Waals surface area (Å²) in [6.07, 6.45) is -4.61. The fourth-order valence-corrected chi connectivity index (χ4v) is 1.67. The molecular formula is C12H11F3N2O. The van der Waals surface area contributed by atoms with Crippen LogP contribution in [0.4, 0.5) is 19.0 Å². The molecule has 0 spiro atoms. The molecule has 2 rings (SSSR count). The molecule has 0 fully saturated rings. The standard InChI is InChI=1S/C12H11F3N2O/c1-6-3-4-8(5-7(6)2)9-10(12(13,14)15)18-17-11(9)16/h3-5H,1-2H3,(H2,16,17). The van der Waals surface area contributed by atoms with Gasteiger partial charge in [0.05, 0.1) is 5.56 Å². The lowest BCUT2D eigenvalue weighted by Crippen LogP contribution is -2.05. The van der Waals surface area contributed by atoms with E-state index in [-0.39, 0.29) is 11.4 Å². The molecule has 0 bridgehead atoms. The summed E-state index contributed by atoms with van der Waals surface area (Å²) in [5.74, 6) is -1.42. The summed E-state index contributed by atoms with van der Waals surface area (Å²) in [6.45, 7) is 3.69. The zero-order valence-electron chi connectivity index (χ0n) is 9.80. The van der Waals surface area contributed by atoms with E-state index < -0.39 is 11.9 Å². The van der Waals surface area contributed by atoms with Crippen LogP contribution >= 0.6 is 0 Å². The minimum atomic E-state index is -4.61. The summed E-state index contributed by atoms with van der Waals surface area (Å²) in [5.41, 5.74) is 7.47. The fraction of sp³-hybridized carbons (Fsp3) is 0.250. The molecule has 0 saturated heterocycles. The number of benzene rings is 1. The molecular weight excluding hydrogens is 245 g/mol. The smallest absolute Gasteiger partial charge is 0.380 e. The van der Waals surface area contributed by atoms with Crippen molar-refractivity contribution in [2.24, 2.45) is 0 Å². The van der Waals surface area contributed by atoms with Gasteiger partial charge in [-0.2, -0.15) is 13.2 Å². The predicted molar refractivity (Wildman–Crippen MR) is 60.8 cm³/mol. The van der Waals surface area contributed by atoms with Crippen LogP contribution < -0.4 is 5.73 Å². The largest absolute Gasteiger partial charge is 0.453 e. The van der Waals surface area contributed by atoms with Gasteiger partial charge in [0.25, 0.3) is 0 Å². The monoisotopic (exact) mass is 256 g/mol. The Bertz CT molecular complexity index is 587. The highest BCUT2D eigenvalue weighted by atomic mass is 19.4. The number of alkyl halides is 3. The highest BCUT2D eigenvalue weighted by Crippen LogP contribution is 2.40. The van der Waals surface area contributed by atoms with Crippen LogP contribution in [-0.2, 0) is 6.18 Å². The normalized spacial score (nSPS) is 11.8. The molecule has 1 heterocycles. The summed E-state index contributed by atoms with van der Waals surface area (Å²) in [5, 5.41) is 3.19. The van der Waals surface area contributed by atoms with Gasteiger partial charge in [-0.1, -0.05) is 23.4 Å². The molecule has 2 aromatic rings. The van der Waals surface area contributed by atoms with Gasteiger partial charge in [-0.25, -0.2) is 0 Å². The molecule has 0 atom stereocenters.